The van der Waals surface area contributed by atoms with Crippen LogP contribution in [-0.4, -0.2) is 54.5 Å². The van der Waals surface area contributed by atoms with E-state index in [-0.39, 0.29) is 36.7 Å². The van der Waals surface area contributed by atoms with Crippen molar-refractivity contribution in [3.05, 3.63) is 52.1 Å². The lowest BCUT2D eigenvalue weighted by Gasteiger charge is -2.22. The second kappa shape index (κ2) is 9.97. The average molecular weight is 441 g/mol. The van der Waals surface area contributed by atoms with Crippen LogP contribution in [0.5, 0.6) is 11.6 Å². The normalized spacial score (nSPS) is 18.3. The smallest absolute Gasteiger partial charge is 0.351 e. The van der Waals surface area contributed by atoms with Crippen molar-refractivity contribution in [1.82, 2.24) is 9.55 Å². The van der Waals surface area contributed by atoms with Gasteiger partial charge in [-0.05, 0) is 43.5 Å². The maximum atomic E-state index is 12.7. The summed E-state index contributed by atoms with van der Waals surface area (Å²) in [4.78, 5) is 28.6. The maximum Gasteiger partial charge on any atom is 0.351 e. The highest BCUT2D eigenvalue weighted by Gasteiger charge is 2.20. The summed E-state index contributed by atoms with van der Waals surface area (Å²) >= 11 is 0. The Balaban J connectivity index is 1.55. The molecule has 1 aromatic heterocycles. The molecule has 0 aliphatic carbocycles. The standard InChI is InChI=1S/C23H27N3O6/c1-15(24)9-17(27)12-31-18-4-5-20-16(10-18)3-2-6-26-21(20)11-22(25-23(26)28)32-14-19-13-29-7-8-30-19/h4-5,9-11,19H,2-3,6-8,12-14,24H2,1H3. The molecule has 2 aliphatic rings. The third kappa shape index (κ3) is 5.35. The van der Waals surface area contributed by atoms with Crippen molar-refractivity contribution < 1.29 is 23.7 Å². The van der Waals surface area contributed by atoms with Crippen LogP contribution in [0.3, 0.4) is 0 Å². The van der Waals surface area contributed by atoms with Gasteiger partial charge in [0.05, 0.1) is 25.5 Å². The molecule has 2 aromatic rings. The summed E-state index contributed by atoms with van der Waals surface area (Å²) in [6.45, 7) is 3.96. The number of rotatable bonds is 7. The fourth-order valence-corrected chi connectivity index (χ4v) is 3.80. The second-order valence-electron chi connectivity index (χ2n) is 7.86. The van der Waals surface area contributed by atoms with E-state index in [0.717, 1.165) is 29.7 Å². The molecule has 0 saturated carbocycles. The molecule has 1 saturated heterocycles. The number of carbonyl (C=O) groups is 1. The molecule has 0 radical (unpaired) electrons. The van der Waals surface area contributed by atoms with Crippen molar-refractivity contribution in [3.8, 4) is 22.9 Å². The molecular weight excluding hydrogens is 414 g/mol. The van der Waals surface area contributed by atoms with E-state index in [9.17, 15) is 9.59 Å². The van der Waals surface area contributed by atoms with E-state index in [0.29, 0.717) is 37.8 Å². The lowest BCUT2D eigenvalue weighted by atomic mass is 10.0. The number of hydrogen-bond acceptors (Lipinski definition) is 8. The highest BCUT2D eigenvalue weighted by atomic mass is 16.6. The number of ether oxygens (including phenoxy) is 4. The quantitative estimate of drug-likeness (QED) is 0.643. The number of allylic oxidation sites excluding steroid dienone is 1. The Morgan fingerprint density at radius 1 is 1.31 bits per heavy atom. The van der Waals surface area contributed by atoms with E-state index in [1.165, 1.54) is 6.08 Å². The first-order valence-electron chi connectivity index (χ1n) is 10.7. The molecule has 9 nitrogen and oxygen atoms in total. The van der Waals surface area contributed by atoms with Gasteiger partial charge < -0.3 is 24.7 Å². The van der Waals surface area contributed by atoms with Crippen LogP contribution in [0.4, 0.5) is 0 Å². The van der Waals surface area contributed by atoms with Crippen LogP contribution in [0.15, 0.2) is 40.8 Å². The summed E-state index contributed by atoms with van der Waals surface area (Å²) in [5, 5.41) is 0. The number of aryl methyl sites for hydroxylation is 1. The van der Waals surface area contributed by atoms with E-state index in [1.807, 2.05) is 12.1 Å². The van der Waals surface area contributed by atoms with Gasteiger partial charge in [0, 0.05) is 29.9 Å². The van der Waals surface area contributed by atoms with Crippen molar-refractivity contribution in [2.45, 2.75) is 32.4 Å². The number of ketones is 1. The minimum absolute atomic E-state index is 0.0851. The Morgan fingerprint density at radius 3 is 2.97 bits per heavy atom. The van der Waals surface area contributed by atoms with Crippen LogP contribution in [0, 0.1) is 0 Å². The van der Waals surface area contributed by atoms with Gasteiger partial charge in [0.2, 0.25) is 5.88 Å². The fourth-order valence-electron chi connectivity index (χ4n) is 3.80. The van der Waals surface area contributed by atoms with Crippen molar-refractivity contribution in [2.24, 2.45) is 5.73 Å². The van der Waals surface area contributed by atoms with Crippen LogP contribution in [0.1, 0.15) is 18.9 Å². The molecule has 1 fully saturated rings. The predicted molar refractivity (Wildman–Crippen MR) is 117 cm³/mol. The van der Waals surface area contributed by atoms with E-state index in [1.54, 1.807) is 23.6 Å². The van der Waals surface area contributed by atoms with Gasteiger partial charge in [0.1, 0.15) is 18.5 Å². The molecule has 1 unspecified atom stereocenters. The molecule has 1 aromatic carbocycles. The second-order valence-corrected chi connectivity index (χ2v) is 7.86. The van der Waals surface area contributed by atoms with Crippen molar-refractivity contribution in [1.29, 1.82) is 0 Å². The molecule has 2 N–H and O–H groups in total. The molecule has 1 atom stereocenters. The molecule has 0 bridgehead atoms. The summed E-state index contributed by atoms with van der Waals surface area (Å²) in [6.07, 6.45) is 2.73. The monoisotopic (exact) mass is 441 g/mol. The van der Waals surface area contributed by atoms with Gasteiger partial charge in [-0.1, -0.05) is 0 Å². The zero-order valence-electron chi connectivity index (χ0n) is 18.0. The molecular formula is C23H27N3O6. The maximum absolute atomic E-state index is 12.7. The molecule has 3 heterocycles. The summed E-state index contributed by atoms with van der Waals surface area (Å²) < 4.78 is 24.0. The van der Waals surface area contributed by atoms with Gasteiger partial charge >= 0.3 is 5.69 Å². The first kappa shape index (κ1) is 22.0. The zero-order valence-corrected chi connectivity index (χ0v) is 18.0. The lowest BCUT2D eigenvalue weighted by molar-refractivity contribution is -0.116. The average Bonchev–Trinajstić information content (AvgIpc) is 2.96. The molecule has 9 heteroatoms. The summed E-state index contributed by atoms with van der Waals surface area (Å²) in [7, 11) is 0. The third-order valence-electron chi connectivity index (χ3n) is 5.24. The molecule has 0 amide bonds. The van der Waals surface area contributed by atoms with Gasteiger partial charge in [-0.25, -0.2) is 4.79 Å². The summed E-state index contributed by atoms with van der Waals surface area (Å²) in [5.41, 5.74) is 8.33. The van der Waals surface area contributed by atoms with Gasteiger partial charge in [0.25, 0.3) is 0 Å². The number of hydrogen-bond donors (Lipinski definition) is 1. The van der Waals surface area contributed by atoms with Crippen LogP contribution < -0.4 is 20.9 Å². The Kier molecular flexibility index (Phi) is 6.87. The van der Waals surface area contributed by atoms with Crippen molar-refractivity contribution >= 4 is 5.78 Å². The van der Waals surface area contributed by atoms with E-state index in [2.05, 4.69) is 4.98 Å². The largest absolute Gasteiger partial charge is 0.485 e. The SMILES string of the molecule is CC(N)=CC(=O)COc1ccc2c(c1)CCCn1c-2cc(OCC2COCCO2)nc1=O. The van der Waals surface area contributed by atoms with Gasteiger partial charge in [-0.2, -0.15) is 4.98 Å². The number of benzene rings is 1. The fraction of sp³-hybridized carbons (Fsp3) is 0.435. The Bertz CT molecular complexity index is 1070. The first-order chi connectivity index (χ1) is 15.5. The summed E-state index contributed by atoms with van der Waals surface area (Å²) in [5.74, 6) is 0.658. The highest BCUT2D eigenvalue weighted by molar-refractivity contribution is 5.91. The van der Waals surface area contributed by atoms with Crippen LogP contribution >= 0.6 is 0 Å². The summed E-state index contributed by atoms with van der Waals surface area (Å²) in [6, 6.07) is 7.39. The third-order valence-corrected chi connectivity index (χ3v) is 5.24. The Labute approximate surface area is 185 Å². The minimum Gasteiger partial charge on any atom is -0.485 e. The van der Waals surface area contributed by atoms with Crippen LogP contribution in [0.25, 0.3) is 11.3 Å². The molecule has 0 spiro atoms. The van der Waals surface area contributed by atoms with Crippen LogP contribution in [-0.2, 0) is 27.2 Å². The van der Waals surface area contributed by atoms with Gasteiger partial charge in [-0.15, -0.1) is 0 Å². The number of nitrogens with two attached hydrogens (primary N) is 1. The number of carbonyl (C=O) groups excluding carboxylic acids is 1. The van der Waals surface area contributed by atoms with Crippen LogP contribution in [0.2, 0.25) is 0 Å². The number of fused-ring (bicyclic) bond motifs is 3. The predicted octanol–water partition coefficient (Wildman–Crippen LogP) is 1.46. The van der Waals surface area contributed by atoms with Crippen molar-refractivity contribution in [2.75, 3.05) is 33.0 Å². The van der Waals surface area contributed by atoms with Gasteiger partial charge in [-0.3, -0.25) is 9.36 Å². The van der Waals surface area contributed by atoms with E-state index >= 15 is 0 Å². The zero-order chi connectivity index (χ0) is 22.5. The topological polar surface area (TPSA) is 115 Å². The molecule has 170 valence electrons. The first-order valence-corrected chi connectivity index (χ1v) is 10.7. The number of aromatic nitrogens is 2. The number of nitrogens with zero attached hydrogens (tertiary/aromatic N) is 2. The molecule has 4 rings (SSSR count). The Hall–Kier alpha value is -3.17. The lowest BCUT2D eigenvalue weighted by Crippen LogP contribution is -2.34. The molecule has 2 aliphatic heterocycles. The Morgan fingerprint density at radius 2 is 2.19 bits per heavy atom. The highest BCUT2D eigenvalue weighted by Crippen LogP contribution is 2.31. The van der Waals surface area contributed by atoms with Gasteiger partial charge in [0.15, 0.2) is 12.4 Å². The van der Waals surface area contributed by atoms with Crippen molar-refractivity contribution in [3.63, 3.8) is 0 Å². The van der Waals surface area contributed by atoms with E-state index < -0.39 is 0 Å². The minimum atomic E-state index is -0.346. The van der Waals surface area contributed by atoms with E-state index in [4.69, 9.17) is 24.7 Å². The molecule has 32 heavy (non-hydrogen) atoms.